The van der Waals surface area contributed by atoms with E-state index in [1.54, 1.807) is 11.9 Å². The van der Waals surface area contributed by atoms with Crippen LogP contribution < -0.4 is 10.6 Å². The number of anilines is 2. The van der Waals surface area contributed by atoms with E-state index < -0.39 is 15.4 Å². The van der Waals surface area contributed by atoms with Crippen LogP contribution in [0.1, 0.15) is 25.7 Å². The Balaban J connectivity index is 2.27. The number of aromatic nitrogens is 1. The third-order valence-electron chi connectivity index (χ3n) is 3.44. The number of hydrogen-bond donors (Lipinski definition) is 2. The summed E-state index contributed by atoms with van der Waals surface area (Å²) in [4.78, 5) is 1.82. The van der Waals surface area contributed by atoms with Gasteiger partial charge < -0.3 is 15.7 Å². The van der Waals surface area contributed by atoms with E-state index in [2.05, 4.69) is 4.37 Å². The summed E-state index contributed by atoms with van der Waals surface area (Å²) in [6.07, 6.45) is 4.64. The Hall–Kier alpha value is -0.860. The second-order valence-electron chi connectivity index (χ2n) is 5.26. The maximum Gasteiger partial charge on any atom is 0.182 e. The molecule has 0 saturated heterocycles. The second kappa shape index (κ2) is 4.92. The van der Waals surface area contributed by atoms with Crippen molar-refractivity contribution in [2.45, 2.75) is 36.2 Å². The van der Waals surface area contributed by atoms with Crippen molar-refractivity contribution in [1.29, 1.82) is 0 Å². The van der Waals surface area contributed by atoms with Crippen LogP contribution >= 0.6 is 11.5 Å². The molecular weight excluding hydrogens is 286 g/mol. The van der Waals surface area contributed by atoms with Crippen molar-refractivity contribution in [2.75, 3.05) is 30.5 Å². The molecule has 0 bridgehead atoms. The topological polar surface area (TPSA) is 96.5 Å². The SMILES string of the molecule is CN(CC1(O)CCCC1)c1snc(N)c1S(C)(=O)=O. The zero-order chi connectivity index (χ0) is 14.3. The largest absolute Gasteiger partial charge is 0.388 e. The van der Waals surface area contributed by atoms with Crippen LogP contribution in [0.2, 0.25) is 0 Å². The molecular formula is C11H19N3O3S2. The first kappa shape index (κ1) is 14.5. The highest BCUT2D eigenvalue weighted by Crippen LogP contribution is 2.37. The number of nitrogens with zero attached hydrogens (tertiary/aromatic N) is 2. The molecule has 0 amide bonds. The van der Waals surface area contributed by atoms with Crippen LogP contribution in [0.15, 0.2) is 4.90 Å². The smallest absolute Gasteiger partial charge is 0.182 e. The lowest BCUT2D eigenvalue weighted by Gasteiger charge is -2.29. The summed E-state index contributed by atoms with van der Waals surface area (Å²) >= 11 is 1.05. The predicted octanol–water partition coefficient (Wildman–Crippen LogP) is 0.870. The molecule has 0 radical (unpaired) electrons. The van der Waals surface area contributed by atoms with Gasteiger partial charge in [-0.15, -0.1) is 0 Å². The zero-order valence-corrected chi connectivity index (χ0v) is 12.7. The van der Waals surface area contributed by atoms with Crippen LogP contribution in [0, 0.1) is 0 Å². The molecule has 1 heterocycles. The predicted molar refractivity (Wildman–Crippen MR) is 76.3 cm³/mol. The van der Waals surface area contributed by atoms with Gasteiger partial charge in [-0.1, -0.05) is 12.8 Å². The van der Waals surface area contributed by atoms with E-state index in [-0.39, 0.29) is 10.7 Å². The molecule has 1 aromatic rings. The van der Waals surface area contributed by atoms with Gasteiger partial charge in [-0.05, 0) is 24.4 Å². The molecule has 8 heteroatoms. The summed E-state index contributed by atoms with van der Waals surface area (Å²) in [5.41, 5.74) is 4.90. The Morgan fingerprint density at radius 2 is 2.05 bits per heavy atom. The van der Waals surface area contributed by atoms with E-state index in [4.69, 9.17) is 5.73 Å². The molecule has 1 aliphatic carbocycles. The van der Waals surface area contributed by atoms with Crippen LogP contribution in [0.4, 0.5) is 10.8 Å². The van der Waals surface area contributed by atoms with Crippen molar-refractivity contribution in [2.24, 2.45) is 0 Å². The first-order chi connectivity index (χ1) is 8.73. The maximum atomic E-state index is 11.8. The van der Waals surface area contributed by atoms with Gasteiger partial charge in [0, 0.05) is 19.8 Å². The minimum atomic E-state index is -3.42. The molecule has 3 N–H and O–H groups in total. The molecule has 1 aromatic heterocycles. The van der Waals surface area contributed by atoms with E-state index in [9.17, 15) is 13.5 Å². The lowest BCUT2D eigenvalue weighted by atomic mass is 10.0. The number of sulfone groups is 1. The van der Waals surface area contributed by atoms with Gasteiger partial charge in [0.1, 0.15) is 9.90 Å². The van der Waals surface area contributed by atoms with Gasteiger partial charge in [0.05, 0.1) is 5.60 Å². The number of aliphatic hydroxyl groups is 1. The molecule has 1 aliphatic rings. The van der Waals surface area contributed by atoms with Crippen LogP contribution in [0.25, 0.3) is 0 Å². The fraction of sp³-hybridized carbons (Fsp3) is 0.727. The summed E-state index contributed by atoms with van der Waals surface area (Å²) < 4.78 is 27.4. The molecule has 2 rings (SSSR count). The summed E-state index contributed by atoms with van der Waals surface area (Å²) in [5.74, 6) is 0.0350. The molecule has 1 saturated carbocycles. The van der Waals surface area contributed by atoms with Crippen molar-refractivity contribution in [1.82, 2.24) is 4.37 Å². The summed E-state index contributed by atoms with van der Waals surface area (Å²) in [6.45, 7) is 0.400. The van der Waals surface area contributed by atoms with Gasteiger partial charge in [-0.2, -0.15) is 4.37 Å². The highest BCUT2D eigenvalue weighted by atomic mass is 32.2. The fourth-order valence-corrected chi connectivity index (χ4v) is 4.77. The van der Waals surface area contributed by atoms with Crippen LogP contribution in [-0.4, -0.2) is 43.3 Å². The quantitative estimate of drug-likeness (QED) is 0.857. The van der Waals surface area contributed by atoms with E-state index in [0.29, 0.717) is 11.5 Å². The molecule has 6 nitrogen and oxygen atoms in total. The van der Waals surface area contributed by atoms with Crippen molar-refractivity contribution in [3.8, 4) is 0 Å². The average molecular weight is 305 g/mol. The lowest BCUT2D eigenvalue weighted by Crippen LogP contribution is -2.39. The molecule has 1 fully saturated rings. The lowest BCUT2D eigenvalue weighted by molar-refractivity contribution is 0.0560. The summed E-state index contributed by atoms with van der Waals surface area (Å²) in [5, 5.41) is 10.9. The van der Waals surface area contributed by atoms with Gasteiger partial charge in [0.15, 0.2) is 15.7 Å². The summed E-state index contributed by atoms with van der Waals surface area (Å²) in [7, 11) is -1.66. The Kier molecular flexibility index (Phi) is 3.76. The Morgan fingerprint density at radius 1 is 1.47 bits per heavy atom. The van der Waals surface area contributed by atoms with Gasteiger partial charge in [-0.25, -0.2) is 8.42 Å². The van der Waals surface area contributed by atoms with Crippen molar-refractivity contribution >= 4 is 32.2 Å². The molecule has 0 aromatic carbocycles. The number of nitrogens with two attached hydrogens (primary N) is 1. The van der Waals surface area contributed by atoms with Crippen LogP contribution in [-0.2, 0) is 9.84 Å². The number of nitrogen functional groups attached to an aromatic ring is 1. The third kappa shape index (κ3) is 3.01. The molecule has 0 unspecified atom stereocenters. The first-order valence-corrected chi connectivity index (χ1v) is 8.78. The average Bonchev–Trinajstić information content (AvgIpc) is 2.83. The molecule has 0 spiro atoms. The second-order valence-corrected chi connectivity index (χ2v) is 7.97. The fourth-order valence-electron chi connectivity index (χ4n) is 2.58. The third-order valence-corrected chi connectivity index (χ3v) is 5.69. The minimum absolute atomic E-state index is 0.0350. The van der Waals surface area contributed by atoms with E-state index in [0.717, 1.165) is 43.5 Å². The van der Waals surface area contributed by atoms with Gasteiger partial charge in [0.2, 0.25) is 0 Å². The Labute approximate surface area is 117 Å². The first-order valence-electron chi connectivity index (χ1n) is 6.12. The zero-order valence-electron chi connectivity index (χ0n) is 11.1. The highest BCUT2D eigenvalue weighted by Gasteiger charge is 2.34. The number of hydrogen-bond acceptors (Lipinski definition) is 7. The molecule has 0 aliphatic heterocycles. The van der Waals surface area contributed by atoms with Crippen molar-refractivity contribution < 1.29 is 13.5 Å². The Morgan fingerprint density at radius 3 is 2.58 bits per heavy atom. The van der Waals surface area contributed by atoms with Crippen LogP contribution in [0.5, 0.6) is 0 Å². The molecule has 0 atom stereocenters. The van der Waals surface area contributed by atoms with Gasteiger partial charge in [0.25, 0.3) is 0 Å². The molecule has 19 heavy (non-hydrogen) atoms. The van der Waals surface area contributed by atoms with Gasteiger partial charge in [-0.3, -0.25) is 0 Å². The van der Waals surface area contributed by atoms with E-state index in [1.807, 2.05) is 0 Å². The van der Waals surface area contributed by atoms with Crippen molar-refractivity contribution in [3.63, 3.8) is 0 Å². The van der Waals surface area contributed by atoms with Gasteiger partial charge >= 0.3 is 0 Å². The number of likely N-dealkylation sites (N-methyl/N-ethyl adjacent to an activating group) is 1. The Bertz CT molecular complexity index is 562. The standard InChI is InChI=1S/C11H19N3O3S2/c1-14(7-11(15)5-3-4-6-11)10-8(19(2,16)17)9(12)13-18-10/h15H,3-7H2,1-2H3,(H2,12,13). The van der Waals surface area contributed by atoms with E-state index >= 15 is 0 Å². The van der Waals surface area contributed by atoms with E-state index in [1.165, 1.54) is 0 Å². The van der Waals surface area contributed by atoms with Crippen molar-refractivity contribution in [3.05, 3.63) is 0 Å². The van der Waals surface area contributed by atoms with Crippen LogP contribution in [0.3, 0.4) is 0 Å². The monoisotopic (exact) mass is 305 g/mol. The highest BCUT2D eigenvalue weighted by molar-refractivity contribution is 7.91. The minimum Gasteiger partial charge on any atom is -0.388 e. The number of rotatable bonds is 4. The normalized spacial score (nSPS) is 18.7. The molecule has 108 valence electrons. The summed E-state index contributed by atoms with van der Waals surface area (Å²) in [6, 6.07) is 0. The maximum absolute atomic E-state index is 11.8.